The minimum Gasteiger partial charge on any atom is -0.496 e. The summed E-state index contributed by atoms with van der Waals surface area (Å²) in [6.07, 6.45) is 1.54. The van der Waals surface area contributed by atoms with E-state index in [0.29, 0.717) is 28.8 Å². The maximum absolute atomic E-state index is 12.7. The van der Waals surface area contributed by atoms with Crippen LogP contribution in [0.3, 0.4) is 0 Å². The van der Waals surface area contributed by atoms with Gasteiger partial charge < -0.3 is 24.1 Å². The van der Waals surface area contributed by atoms with Crippen LogP contribution in [0, 0.1) is 0 Å². The van der Waals surface area contributed by atoms with Crippen LogP contribution in [0.1, 0.15) is 10.5 Å². The molecule has 0 atom stereocenters. The van der Waals surface area contributed by atoms with Crippen molar-refractivity contribution in [1.29, 1.82) is 0 Å². The molecule has 25 heavy (non-hydrogen) atoms. The minimum absolute atomic E-state index is 0.255. The minimum atomic E-state index is -0.255. The number of benzene rings is 1. The largest absolute Gasteiger partial charge is 0.496 e. The normalized spacial score (nSPS) is 10.6. The number of ether oxygens (including phenoxy) is 3. The Hall–Kier alpha value is -3.22. The van der Waals surface area contributed by atoms with Crippen molar-refractivity contribution in [2.75, 3.05) is 26.6 Å². The van der Waals surface area contributed by atoms with Gasteiger partial charge in [0.15, 0.2) is 0 Å². The highest BCUT2D eigenvalue weighted by molar-refractivity contribution is 6.08. The molecule has 130 valence electrons. The lowest BCUT2D eigenvalue weighted by atomic mass is 10.2. The van der Waals surface area contributed by atoms with Gasteiger partial charge in [-0.15, -0.1) is 0 Å². The van der Waals surface area contributed by atoms with Gasteiger partial charge in [0.1, 0.15) is 17.2 Å². The first kappa shape index (κ1) is 16.6. The van der Waals surface area contributed by atoms with Crippen LogP contribution in [0.5, 0.6) is 17.4 Å². The number of hydrogen-bond donors (Lipinski definition) is 1. The number of fused-ring (bicyclic) bond motifs is 1. The zero-order valence-electron chi connectivity index (χ0n) is 14.5. The van der Waals surface area contributed by atoms with E-state index < -0.39 is 0 Å². The molecule has 3 rings (SSSR count). The lowest BCUT2D eigenvalue weighted by Gasteiger charge is -2.09. The maximum atomic E-state index is 12.7. The first-order valence-electron chi connectivity index (χ1n) is 7.60. The number of nitrogens with zero attached hydrogens (tertiary/aromatic N) is 2. The molecule has 1 N–H and O–H groups in total. The Balaban J connectivity index is 1.99. The van der Waals surface area contributed by atoms with Crippen LogP contribution in [-0.4, -0.2) is 36.8 Å². The number of hydrogen-bond acceptors (Lipinski definition) is 5. The molecule has 3 aromatic rings. The van der Waals surface area contributed by atoms with E-state index in [0.717, 1.165) is 10.9 Å². The van der Waals surface area contributed by atoms with Gasteiger partial charge in [-0.25, -0.2) is 4.98 Å². The van der Waals surface area contributed by atoms with Gasteiger partial charge >= 0.3 is 0 Å². The van der Waals surface area contributed by atoms with E-state index in [1.165, 1.54) is 7.11 Å². The van der Waals surface area contributed by atoms with E-state index in [1.54, 1.807) is 43.2 Å². The van der Waals surface area contributed by atoms with Crippen LogP contribution in [0.2, 0.25) is 0 Å². The monoisotopic (exact) mass is 341 g/mol. The number of pyridine rings is 1. The fraction of sp³-hybridized carbons (Fsp3) is 0.222. The fourth-order valence-electron chi connectivity index (χ4n) is 2.74. The Labute approximate surface area is 145 Å². The van der Waals surface area contributed by atoms with Crippen LogP contribution in [0.25, 0.3) is 10.9 Å². The van der Waals surface area contributed by atoms with Gasteiger partial charge in [0.05, 0.1) is 38.7 Å². The molecule has 0 saturated carbocycles. The quantitative estimate of drug-likeness (QED) is 0.772. The Morgan fingerprint density at radius 2 is 1.76 bits per heavy atom. The third-order valence-electron chi connectivity index (χ3n) is 3.99. The maximum Gasteiger partial charge on any atom is 0.272 e. The third-order valence-corrected chi connectivity index (χ3v) is 3.99. The molecule has 0 radical (unpaired) electrons. The highest BCUT2D eigenvalue weighted by Crippen LogP contribution is 2.35. The number of rotatable bonds is 5. The molecule has 1 amide bonds. The SMILES string of the molecule is COc1ccc(NC(=O)c2cc3c(OC)ccc(OC)c3n2C)cn1. The molecule has 0 saturated heterocycles. The summed E-state index contributed by atoms with van der Waals surface area (Å²) in [6.45, 7) is 0. The molecule has 2 heterocycles. The van der Waals surface area contributed by atoms with Crippen LogP contribution >= 0.6 is 0 Å². The molecule has 1 aromatic carbocycles. The number of methoxy groups -OCH3 is 3. The van der Waals surface area contributed by atoms with Gasteiger partial charge in [0, 0.05) is 18.5 Å². The van der Waals surface area contributed by atoms with Crippen LogP contribution < -0.4 is 19.5 Å². The topological polar surface area (TPSA) is 74.6 Å². The summed E-state index contributed by atoms with van der Waals surface area (Å²) in [4.78, 5) is 16.8. The zero-order chi connectivity index (χ0) is 18.0. The summed E-state index contributed by atoms with van der Waals surface area (Å²) in [7, 11) is 6.54. The smallest absolute Gasteiger partial charge is 0.272 e. The van der Waals surface area contributed by atoms with Crippen molar-refractivity contribution in [3.05, 3.63) is 42.2 Å². The fourth-order valence-corrected chi connectivity index (χ4v) is 2.74. The molecular weight excluding hydrogens is 322 g/mol. The van der Waals surface area contributed by atoms with Crippen LogP contribution in [0.4, 0.5) is 5.69 Å². The Bertz CT molecular complexity index is 916. The number of amides is 1. The number of aryl methyl sites for hydroxylation is 1. The van der Waals surface area contributed by atoms with E-state index in [9.17, 15) is 4.79 Å². The Morgan fingerprint density at radius 1 is 1.04 bits per heavy atom. The van der Waals surface area contributed by atoms with E-state index >= 15 is 0 Å². The first-order valence-corrected chi connectivity index (χ1v) is 7.60. The predicted molar refractivity (Wildman–Crippen MR) is 94.8 cm³/mol. The summed E-state index contributed by atoms with van der Waals surface area (Å²) in [5, 5.41) is 3.63. The van der Waals surface area contributed by atoms with Gasteiger partial charge in [-0.1, -0.05) is 0 Å². The van der Waals surface area contributed by atoms with Gasteiger partial charge in [-0.2, -0.15) is 0 Å². The standard InChI is InChI=1S/C18H19N3O4/c1-21-13(18(22)20-11-5-8-16(25-4)19-10-11)9-12-14(23-2)6-7-15(24-3)17(12)21/h5-10H,1-4H3,(H,20,22). The number of carbonyl (C=O) groups is 1. The van der Waals surface area contributed by atoms with Crippen molar-refractivity contribution in [3.63, 3.8) is 0 Å². The summed E-state index contributed by atoms with van der Waals surface area (Å²) < 4.78 is 17.6. The van der Waals surface area contributed by atoms with E-state index in [2.05, 4.69) is 10.3 Å². The molecule has 0 spiro atoms. The van der Waals surface area contributed by atoms with Crippen molar-refractivity contribution in [2.24, 2.45) is 7.05 Å². The molecule has 2 aromatic heterocycles. The second-order valence-corrected chi connectivity index (χ2v) is 5.36. The highest BCUT2D eigenvalue weighted by atomic mass is 16.5. The number of nitrogens with one attached hydrogen (secondary N) is 1. The van der Waals surface area contributed by atoms with Crippen LogP contribution in [-0.2, 0) is 7.05 Å². The predicted octanol–water partition coefficient (Wildman–Crippen LogP) is 2.85. The first-order chi connectivity index (χ1) is 12.1. The molecule has 7 heteroatoms. The van der Waals surface area contributed by atoms with Gasteiger partial charge in [-0.05, 0) is 24.3 Å². The van der Waals surface area contributed by atoms with Crippen molar-refractivity contribution in [2.45, 2.75) is 0 Å². The number of aromatic nitrogens is 2. The summed E-state index contributed by atoms with van der Waals surface area (Å²) >= 11 is 0. The van der Waals surface area contributed by atoms with Crippen molar-refractivity contribution in [3.8, 4) is 17.4 Å². The molecule has 0 aliphatic heterocycles. The van der Waals surface area contributed by atoms with E-state index in [-0.39, 0.29) is 5.91 Å². The van der Waals surface area contributed by atoms with E-state index in [4.69, 9.17) is 14.2 Å². The van der Waals surface area contributed by atoms with E-state index in [1.807, 2.05) is 19.2 Å². The highest BCUT2D eigenvalue weighted by Gasteiger charge is 2.19. The van der Waals surface area contributed by atoms with Gasteiger partial charge in [-0.3, -0.25) is 4.79 Å². The average Bonchev–Trinajstić information content (AvgIpc) is 2.99. The summed E-state index contributed by atoms with van der Waals surface area (Å²) in [5.41, 5.74) is 1.85. The van der Waals surface area contributed by atoms with Crippen molar-refractivity contribution < 1.29 is 19.0 Å². The van der Waals surface area contributed by atoms with Gasteiger partial charge in [0.25, 0.3) is 5.91 Å². The van der Waals surface area contributed by atoms with Crippen LogP contribution in [0.15, 0.2) is 36.5 Å². The molecule has 7 nitrogen and oxygen atoms in total. The molecule has 0 fully saturated rings. The van der Waals surface area contributed by atoms with Crippen molar-refractivity contribution >= 4 is 22.5 Å². The molecular formula is C18H19N3O4. The zero-order valence-corrected chi connectivity index (χ0v) is 14.5. The Kier molecular flexibility index (Phi) is 4.47. The molecule has 0 bridgehead atoms. The Morgan fingerprint density at radius 3 is 2.36 bits per heavy atom. The number of anilines is 1. The molecule has 0 unspecified atom stereocenters. The molecule has 0 aliphatic rings. The third kappa shape index (κ3) is 2.96. The lowest BCUT2D eigenvalue weighted by molar-refractivity contribution is 0.101. The van der Waals surface area contributed by atoms with Gasteiger partial charge in [0.2, 0.25) is 5.88 Å². The lowest BCUT2D eigenvalue weighted by Crippen LogP contribution is -2.15. The second kappa shape index (κ2) is 6.72. The second-order valence-electron chi connectivity index (χ2n) is 5.36. The van der Waals surface area contributed by atoms with Crippen molar-refractivity contribution in [1.82, 2.24) is 9.55 Å². The number of carbonyl (C=O) groups excluding carboxylic acids is 1. The summed E-state index contributed by atoms with van der Waals surface area (Å²) in [5.74, 6) is 1.58. The molecule has 0 aliphatic carbocycles. The summed E-state index contributed by atoms with van der Waals surface area (Å²) in [6, 6.07) is 8.83. The average molecular weight is 341 g/mol.